The molecular weight excluding hydrogens is 248 g/mol. The second kappa shape index (κ2) is 8.04. The van der Waals surface area contributed by atoms with E-state index in [4.69, 9.17) is 10.5 Å². The van der Waals surface area contributed by atoms with Crippen molar-refractivity contribution in [1.29, 1.82) is 0 Å². The molecule has 7 heteroatoms. The smallest absolute Gasteiger partial charge is 0.269 e. The van der Waals surface area contributed by atoms with Gasteiger partial charge in [0, 0.05) is 13.1 Å². The Bertz CT molecular complexity index is 419. The summed E-state index contributed by atoms with van der Waals surface area (Å²) in [6.45, 7) is 3.15. The van der Waals surface area contributed by atoms with Crippen molar-refractivity contribution < 1.29 is 14.3 Å². The number of nitrogens with zero attached hydrogens (tertiary/aromatic N) is 1. The number of amides is 2. The molecule has 2 amide bonds. The van der Waals surface area contributed by atoms with Crippen molar-refractivity contribution in [3.8, 4) is 0 Å². The lowest BCUT2D eigenvalue weighted by Crippen LogP contribution is -2.29. The molecule has 19 heavy (non-hydrogen) atoms. The van der Waals surface area contributed by atoms with Gasteiger partial charge in [0.2, 0.25) is 5.91 Å². The molecule has 0 saturated carbocycles. The van der Waals surface area contributed by atoms with E-state index >= 15 is 0 Å². The maximum absolute atomic E-state index is 11.7. The lowest BCUT2D eigenvalue weighted by molar-refractivity contribution is -0.122. The molecular formula is C12H18N4O3. The van der Waals surface area contributed by atoms with Gasteiger partial charge in [0.25, 0.3) is 5.91 Å². The summed E-state index contributed by atoms with van der Waals surface area (Å²) in [5, 5.41) is 5.71. The van der Waals surface area contributed by atoms with Crippen LogP contribution < -0.4 is 16.4 Å². The SMILES string of the molecule is CCNc1ccc(C(=O)NCCOCC(N)=O)nc1. The number of rotatable bonds is 8. The van der Waals surface area contributed by atoms with Crippen molar-refractivity contribution in [2.75, 3.05) is 31.6 Å². The zero-order valence-electron chi connectivity index (χ0n) is 10.8. The topological polar surface area (TPSA) is 106 Å². The van der Waals surface area contributed by atoms with E-state index in [0.29, 0.717) is 12.2 Å². The number of pyridine rings is 1. The number of nitrogens with one attached hydrogen (secondary N) is 2. The van der Waals surface area contributed by atoms with Gasteiger partial charge in [0.05, 0.1) is 18.5 Å². The summed E-state index contributed by atoms with van der Waals surface area (Å²) in [6, 6.07) is 3.42. The van der Waals surface area contributed by atoms with Gasteiger partial charge in [-0.25, -0.2) is 4.98 Å². The molecule has 0 atom stereocenters. The summed E-state index contributed by atoms with van der Waals surface area (Å²) in [6.07, 6.45) is 1.60. The Kier molecular flexibility index (Phi) is 6.31. The van der Waals surface area contributed by atoms with Crippen LogP contribution in [-0.4, -0.2) is 43.1 Å². The molecule has 0 aliphatic heterocycles. The summed E-state index contributed by atoms with van der Waals surface area (Å²) in [5.41, 5.74) is 6.09. The number of nitrogens with two attached hydrogens (primary N) is 1. The molecule has 0 aliphatic carbocycles. The number of primary amides is 1. The van der Waals surface area contributed by atoms with Crippen LogP contribution in [0.15, 0.2) is 18.3 Å². The van der Waals surface area contributed by atoms with Crippen molar-refractivity contribution in [1.82, 2.24) is 10.3 Å². The average molecular weight is 266 g/mol. The van der Waals surface area contributed by atoms with E-state index in [9.17, 15) is 9.59 Å². The van der Waals surface area contributed by atoms with E-state index in [1.54, 1.807) is 18.3 Å². The molecule has 0 aromatic carbocycles. The predicted octanol–water partition coefficient (Wildman–Crippen LogP) is -0.255. The van der Waals surface area contributed by atoms with Gasteiger partial charge >= 0.3 is 0 Å². The van der Waals surface area contributed by atoms with E-state index < -0.39 is 5.91 Å². The van der Waals surface area contributed by atoms with Crippen LogP contribution in [0.1, 0.15) is 17.4 Å². The highest BCUT2D eigenvalue weighted by molar-refractivity contribution is 5.92. The first-order chi connectivity index (χ1) is 9.13. The molecule has 1 aromatic rings. The Morgan fingerprint density at radius 3 is 2.79 bits per heavy atom. The van der Waals surface area contributed by atoms with E-state index in [2.05, 4.69) is 15.6 Å². The Hall–Kier alpha value is -2.15. The predicted molar refractivity (Wildman–Crippen MR) is 70.7 cm³/mol. The molecule has 104 valence electrons. The average Bonchev–Trinajstić information content (AvgIpc) is 2.39. The number of carbonyl (C=O) groups excluding carboxylic acids is 2. The summed E-state index contributed by atoms with van der Waals surface area (Å²) < 4.78 is 4.91. The van der Waals surface area contributed by atoms with Gasteiger partial charge in [-0.1, -0.05) is 0 Å². The highest BCUT2D eigenvalue weighted by Crippen LogP contribution is 2.05. The number of hydrogen-bond acceptors (Lipinski definition) is 5. The molecule has 0 spiro atoms. The first kappa shape index (κ1) is 14.9. The summed E-state index contributed by atoms with van der Waals surface area (Å²) >= 11 is 0. The van der Waals surface area contributed by atoms with Gasteiger partial charge in [-0.15, -0.1) is 0 Å². The highest BCUT2D eigenvalue weighted by atomic mass is 16.5. The third-order valence-corrected chi connectivity index (χ3v) is 2.15. The standard InChI is InChI=1S/C12H18N4O3/c1-2-14-9-3-4-10(16-7-9)12(18)15-5-6-19-8-11(13)17/h3-4,7,14H,2,5-6,8H2,1H3,(H2,13,17)(H,15,18). The molecule has 0 radical (unpaired) electrons. The van der Waals surface area contributed by atoms with Crippen LogP contribution in [0.5, 0.6) is 0 Å². The van der Waals surface area contributed by atoms with E-state index in [0.717, 1.165) is 12.2 Å². The van der Waals surface area contributed by atoms with Gasteiger partial charge in [0.15, 0.2) is 0 Å². The quantitative estimate of drug-likeness (QED) is 0.562. The zero-order chi connectivity index (χ0) is 14.1. The van der Waals surface area contributed by atoms with Crippen LogP contribution in [-0.2, 0) is 9.53 Å². The lowest BCUT2D eigenvalue weighted by atomic mass is 10.3. The van der Waals surface area contributed by atoms with E-state index in [-0.39, 0.29) is 19.1 Å². The van der Waals surface area contributed by atoms with E-state index in [1.165, 1.54) is 0 Å². The van der Waals surface area contributed by atoms with Crippen molar-refractivity contribution in [2.45, 2.75) is 6.92 Å². The Balaban J connectivity index is 2.30. The van der Waals surface area contributed by atoms with Gasteiger partial charge < -0.3 is 21.1 Å². The first-order valence-electron chi connectivity index (χ1n) is 5.97. The fourth-order valence-corrected chi connectivity index (χ4v) is 1.34. The van der Waals surface area contributed by atoms with Crippen LogP contribution in [0, 0.1) is 0 Å². The number of carbonyl (C=O) groups is 2. The molecule has 1 heterocycles. The third-order valence-electron chi connectivity index (χ3n) is 2.15. The first-order valence-corrected chi connectivity index (χ1v) is 5.97. The second-order valence-corrected chi connectivity index (χ2v) is 3.74. The van der Waals surface area contributed by atoms with E-state index in [1.807, 2.05) is 6.92 Å². The van der Waals surface area contributed by atoms with Crippen molar-refractivity contribution in [3.05, 3.63) is 24.0 Å². The Labute approximate surface area is 111 Å². The van der Waals surface area contributed by atoms with Gasteiger partial charge in [-0.2, -0.15) is 0 Å². The monoisotopic (exact) mass is 266 g/mol. The number of ether oxygens (including phenoxy) is 1. The minimum atomic E-state index is -0.535. The minimum Gasteiger partial charge on any atom is -0.384 e. The molecule has 0 unspecified atom stereocenters. The maximum Gasteiger partial charge on any atom is 0.269 e. The summed E-state index contributed by atoms with van der Waals surface area (Å²) in [4.78, 5) is 26.1. The molecule has 0 aliphatic rings. The normalized spacial score (nSPS) is 9.95. The largest absolute Gasteiger partial charge is 0.384 e. The van der Waals surface area contributed by atoms with Crippen LogP contribution in [0.3, 0.4) is 0 Å². The molecule has 7 nitrogen and oxygen atoms in total. The summed E-state index contributed by atoms with van der Waals surface area (Å²) in [7, 11) is 0. The van der Waals surface area contributed by atoms with Crippen molar-refractivity contribution in [3.63, 3.8) is 0 Å². The van der Waals surface area contributed by atoms with Crippen LogP contribution in [0.4, 0.5) is 5.69 Å². The van der Waals surface area contributed by atoms with Gasteiger partial charge in [-0.3, -0.25) is 9.59 Å². The summed E-state index contributed by atoms with van der Waals surface area (Å²) in [5.74, 6) is -0.822. The Morgan fingerprint density at radius 2 is 2.21 bits per heavy atom. The van der Waals surface area contributed by atoms with Gasteiger partial charge in [0.1, 0.15) is 12.3 Å². The number of hydrogen-bond donors (Lipinski definition) is 3. The molecule has 0 fully saturated rings. The zero-order valence-corrected chi connectivity index (χ0v) is 10.8. The Morgan fingerprint density at radius 1 is 1.42 bits per heavy atom. The molecule has 1 rings (SSSR count). The van der Waals surface area contributed by atoms with Crippen molar-refractivity contribution in [2.24, 2.45) is 5.73 Å². The minimum absolute atomic E-state index is 0.147. The van der Waals surface area contributed by atoms with Crippen LogP contribution >= 0.6 is 0 Å². The highest BCUT2D eigenvalue weighted by Gasteiger charge is 2.06. The molecule has 0 saturated heterocycles. The number of anilines is 1. The fourth-order valence-electron chi connectivity index (χ4n) is 1.34. The van der Waals surface area contributed by atoms with Crippen LogP contribution in [0.2, 0.25) is 0 Å². The van der Waals surface area contributed by atoms with Crippen LogP contribution in [0.25, 0.3) is 0 Å². The third kappa shape index (κ3) is 5.82. The maximum atomic E-state index is 11.7. The lowest BCUT2D eigenvalue weighted by Gasteiger charge is -2.06. The molecule has 0 bridgehead atoms. The molecule has 4 N–H and O–H groups in total. The number of aromatic nitrogens is 1. The van der Waals surface area contributed by atoms with Crippen molar-refractivity contribution >= 4 is 17.5 Å². The fraction of sp³-hybridized carbons (Fsp3) is 0.417. The molecule has 1 aromatic heterocycles. The second-order valence-electron chi connectivity index (χ2n) is 3.74. The van der Waals surface area contributed by atoms with Gasteiger partial charge in [-0.05, 0) is 19.1 Å².